The second-order valence-corrected chi connectivity index (χ2v) is 6.08. The maximum atomic E-state index is 9.24. The van der Waals surface area contributed by atoms with Crippen molar-refractivity contribution in [1.29, 1.82) is 0 Å². The number of rotatable bonds is 8. The molecule has 1 atom stereocenters. The summed E-state index contributed by atoms with van der Waals surface area (Å²) in [5.74, 6) is 0.961. The van der Waals surface area contributed by atoms with Crippen LogP contribution in [0, 0.1) is 5.92 Å². The Bertz CT molecular complexity index is 217. The lowest BCUT2D eigenvalue weighted by molar-refractivity contribution is 0.157. The van der Waals surface area contributed by atoms with E-state index in [-0.39, 0.29) is 0 Å². The van der Waals surface area contributed by atoms with E-state index in [2.05, 4.69) is 10.2 Å². The Labute approximate surface area is 112 Å². The van der Waals surface area contributed by atoms with Gasteiger partial charge in [-0.05, 0) is 70.6 Å². The second-order valence-electron chi connectivity index (χ2n) is 6.08. The molecule has 0 radical (unpaired) electrons. The molecule has 1 saturated carbocycles. The molecular formula is C15H30N2O. The third kappa shape index (κ3) is 4.52. The number of aliphatic hydroxyl groups is 1. The smallest absolute Gasteiger partial charge is 0.0586 e. The fourth-order valence-corrected chi connectivity index (χ4v) is 3.48. The Balaban J connectivity index is 1.43. The predicted molar refractivity (Wildman–Crippen MR) is 75.7 cm³/mol. The molecule has 1 aliphatic carbocycles. The lowest BCUT2D eigenvalue weighted by Gasteiger charge is -2.22. The first-order valence-electron chi connectivity index (χ1n) is 7.96. The van der Waals surface area contributed by atoms with Gasteiger partial charge < -0.3 is 10.4 Å². The van der Waals surface area contributed by atoms with Crippen LogP contribution in [0.3, 0.4) is 0 Å². The molecule has 1 heterocycles. The summed E-state index contributed by atoms with van der Waals surface area (Å²) in [7, 11) is 0. The number of unbranched alkanes of at least 4 members (excludes halogenated alkanes) is 1. The van der Waals surface area contributed by atoms with Crippen LogP contribution in [0.4, 0.5) is 0 Å². The van der Waals surface area contributed by atoms with Crippen LogP contribution in [0.15, 0.2) is 0 Å². The lowest BCUT2D eigenvalue weighted by Crippen LogP contribution is -2.33. The van der Waals surface area contributed by atoms with E-state index in [0.29, 0.717) is 12.6 Å². The third-order valence-corrected chi connectivity index (χ3v) is 4.67. The van der Waals surface area contributed by atoms with Gasteiger partial charge in [0, 0.05) is 6.04 Å². The fraction of sp³-hybridized carbons (Fsp3) is 1.00. The highest BCUT2D eigenvalue weighted by molar-refractivity contribution is 4.78. The zero-order chi connectivity index (χ0) is 12.6. The van der Waals surface area contributed by atoms with Crippen molar-refractivity contribution in [3.05, 3.63) is 0 Å². The molecule has 18 heavy (non-hydrogen) atoms. The molecule has 3 heteroatoms. The summed E-state index contributed by atoms with van der Waals surface area (Å²) >= 11 is 0. The summed E-state index contributed by atoms with van der Waals surface area (Å²) in [4.78, 5) is 2.47. The molecule has 0 aromatic rings. The molecule has 106 valence electrons. The highest BCUT2D eigenvalue weighted by Gasteiger charge is 2.22. The van der Waals surface area contributed by atoms with Gasteiger partial charge in [-0.15, -0.1) is 0 Å². The zero-order valence-electron chi connectivity index (χ0n) is 11.7. The summed E-state index contributed by atoms with van der Waals surface area (Å²) in [5.41, 5.74) is 0. The maximum Gasteiger partial charge on any atom is 0.0586 e. The molecular weight excluding hydrogens is 224 g/mol. The lowest BCUT2D eigenvalue weighted by atomic mass is 10.1. The summed E-state index contributed by atoms with van der Waals surface area (Å²) in [6.45, 7) is 5.13. The van der Waals surface area contributed by atoms with Gasteiger partial charge in [0.05, 0.1) is 6.61 Å². The summed E-state index contributed by atoms with van der Waals surface area (Å²) in [6.07, 6.45) is 10.8. The molecule has 0 spiro atoms. The van der Waals surface area contributed by atoms with Crippen LogP contribution in [0.2, 0.25) is 0 Å². The Morgan fingerprint density at radius 2 is 1.89 bits per heavy atom. The molecule has 1 saturated heterocycles. The first-order valence-corrected chi connectivity index (χ1v) is 7.96. The van der Waals surface area contributed by atoms with Crippen LogP contribution in [0.5, 0.6) is 0 Å². The van der Waals surface area contributed by atoms with Crippen LogP contribution in [-0.2, 0) is 0 Å². The van der Waals surface area contributed by atoms with E-state index in [1.807, 2.05) is 0 Å². The number of hydrogen-bond acceptors (Lipinski definition) is 3. The molecule has 2 rings (SSSR count). The number of hydrogen-bond donors (Lipinski definition) is 2. The topological polar surface area (TPSA) is 35.5 Å². The Morgan fingerprint density at radius 3 is 2.67 bits per heavy atom. The minimum Gasteiger partial charge on any atom is -0.395 e. The Kier molecular flexibility index (Phi) is 6.46. The van der Waals surface area contributed by atoms with Crippen molar-refractivity contribution >= 4 is 0 Å². The Morgan fingerprint density at radius 1 is 1.06 bits per heavy atom. The summed E-state index contributed by atoms with van der Waals surface area (Å²) in [5, 5.41) is 12.9. The monoisotopic (exact) mass is 254 g/mol. The van der Waals surface area contributed by atoms with Crippen molar-refractivity contribution in [2.24, 2.45) is 5.92 Å². The van der Waals surface area contributed by atoms with Crippen LogP contribution >= 0.6 is 0 Å². The van der Waals surface area contributed by atoms with Crippen LogP contribution < -0.4 is 5.32 Å². The highest BCUT2D eigenvalue weighted by Crippen LogP contribution is 2.23. The van der Waals surface area contributed by atoms with Gasteiger partial charge in [-0.3, -0.25) is 4.90 Å². The molecule has 2 aliphatic rings. The van der Waals surface area contributed by atoms with Gasteiger partial charge in [0.1, 0.15) is 0 Å². The maximum absolute atomic E-state index is 9.24. The van der Waals surface area contributed by atoms with E-state index in [0.717, 1.165) is 5.92 Å². The van der Waals surface area contributed by atoms with E-state index < -0.39 is 0 Å². The summed E-state index contributed by atoms with van der Waals surface area (Å²) in [6, 6.07) is 0.455. The molecule has 0 aromatic heterocycles. The van der Waals surface area contributed by atoms with Gasteiger partial charge in [0.15, 0.2) is 0 Å². The van der Waals surface area contributed by atoms with Crippen molar-refractivity contribution in [3.63, 3.8) is 0 Å². The molecule has 3 nitrogen and oxygen atoms in total. The van der Waals surface area contributed by atoms with E-state index >= 15 is 0 Å². The third-order valence-electron chi connectivity index (χ3n) is 4.67. The molecule has 2 fully saturated rings. The predicted octanol–water partition coefficient (Wildman–Crippen LogP) is 2.00. The van der Waals surface area contributed by atoms with Gasteiger partial charge in [-0.2, -0.15) is 0 Å². The van der Waals surface area contributed by atoms with Gasteiger partial charge in [-0.1, -0.05) is 12.8 Å². The van der Waals surface area contributed by atoms with Gasteiger partial charge >= 0.3 is 0 Å². The number of aliphatic hydroxyl groups excluding tert-OH is 1. The largest absolute Gasteiger partial charge is 0.395 e. The van der Waals surface area contributed by atoms with E-state index in [1.165, 1.54) is 77.5 Å². The number of nitrogens with zero attached hydrogens (tertiary/aromatic N) is 1. The standard InChI is InChI=1S/C15H30N2O/c18-13-15-8-5-11-17(15)10-4-3-9-16-12-14-6-1-2-7-14/h14-16,18H,1-13H2. The molecule has 0 bridgehead atoms. The van der Waals surface area contributed by atoms with E-state index in [9.17, 15) is 5.11 Å². The number of likely N-dealkylation sites (tertiary alicyclic amines) is 1. The van der Waals surface area contributed by atoms with Crippen LogP contribution in [0.1, 0.15) is 51.4 Å². The van der Waals surface area contributed by atoms with Gasteiger partial charge in [0.2, 0.25) is 0 Å². The average molecular weight is 254 g/mol. The van der Waals surface area contributed by atoms with Crippen molar-refractivity contribution in [2.45, 2.75) is 57.4 Å². The normalized spacial score (nSPS) is 26.2. The van der Waals surface area contributed by atoms with Crippen molar-refractivity contribution in [2.75, 3.05) is 32.8 Å². The molecule has 2 N–H and O–H groups in total. The van der Waals surface area contributed by atoms with Crippen molar-refractivity contribution in [3.8, 4) is 0 Å². The average Bonchev–Trinajstić information content (AvgIpc) is 3.04. The fourth-order valence-electron chi connectivity index (χ4n) is 3.48. The zero-order valence-corrected chi connectivity index (χ0v) is 11.7. The van der Waals surface area contributed by atoms with E-state index in [4.69, 9.17) is 0 Å². The van der Waals surface area contributed by atoms with Crippen LogP contribution in [0.25, 0.3) is 0 Å². The molecule has 1 aliphatic heterocycles. The first kappa shape index (κ1) is 14.3. The second kappa shape index (κ2) is 8.13. The minimum absolute atomic E-state index is 0.347. The van der Waals surface area contributed by atoms with Crippen molar-refractivity contribution in [1.82, 2.24) is 10.2 Å². The molecule has 0 aromatic carbocycles. The minimum atomic E-state index is 0.347. The quantitative estimate of drug-likeness (QED) is 0.650. The molecule has 1 unspecified atom stereocenters. The highest BCUT2D eigenvalue weighted by atomic mass is 16.3. The first-order chi connectivity index (χ1) is 8.90. The van der Waals surface area contributed by atoms with Crippen molar-refractivity contribution < 1.29 is 5.11 Å². The van der Waals surface area contributed by atoms with Gasteiger partial charge in [0.25, 0.3) is 0 Å². The SMILES string of the molecule is OCC1CCCN1CCCCNCC1CCCC1. The summed E-state index contributed by atoms with van der Waals surface area (Å²) < 4.78 is 0. The molecule has 0 amide bonds. The van der Waals surface area contributed by atoms with Crippen LogP contribution in [-0.4, -0.2) is 48.8 Å². The Hall–Kier alpha value is -0.120. The number of nitrogens with one attached hydrogen (secondary N) is 1. The van der Waals surface area contributed by atoms with Gasteiger partial charge in [-0.25, -0.2) is 0 Å². The van der Waals surface area contributed by atoms with E-state index in [1.54, 1.807) is 0 Å².